The van der Waals surface area contributed by atoms with Gasteiger partial charge in [0.15, 0.2) is 0 Å². The predicted octanol–water partition coefficient (Wildman–Crippen LogP) is 2.98. The second-order valence-corrected chi connectivity index (χ2v) is 8.51. The second kappa shape index (κ2) is 9.19. The van der Waals surface area contributed by atoms with Crippen LogP contribution >= 0.6 is 0 Å². The molecule has 3 amide bonds. The molecule has 1 fully saturated rings. The van der Waals surface area contributed by atoms with Gasteiger partial charge in [-0.1, -0.05) is 18.2 Å². The van der Waals surface area contributed by atoms with E-state index in [4.69, 9.17) is 4.74 Å². The van der Waals surface area contributed by atoms with Crippen molar-refractivity contribution in [2.45, 2.75) is 13.5 Å². The quantitative estimate of drug-likeness (QED) is 0.549. The van der Waals surface area contributed by atoms with Gasteiger partial charge in [0.05, 0.1) is 48.3 Å². The molecule has 1 aromatic heterocycles. The number of aromatic nitrogens is 1. The topological polar surface area (TPSA) is 112 Å². The normalized spacial score (nSPS) is 15.3. The van der Waals surface area contributed by atoms with Crippen molar-refractivity contribution in [3.8, 4) is 5.75 Å². The van der Waals surface area contributed by atoms with Gasteiger partial charge in [-0.15, -0.1) is 0 Å². The number of carbonyl (C=O) groups excluding carboxylic acids is 3. The highest BCUT2D eigenvalue weighted by atomic mass is 16.5. The summed E-state index contributed by atoms with van der Waals surface area (Å²) in [7, 11) is 0. The standard InChI is InChI=1S/C26H24N4O5/c1-16-12-17(15-30-25(33)19-4-2-3-5-20(19)26(30)34)13-21(23(16)31)24(32)28-18-6-7-22(27-14-18)29-8-10-35-11-9-29/h2-7,12-14,31H,8-11,15H2,1H3,(H,28,32). The van der Waals surface area contributed by atoms with E-state index in [0.717, 1.165) is 23.8 Å². The molecule has 0 unspecified atom stereocenters. The number of fused-ring (bicyclic) bond motifs is 1. The molecule has 0 saturated carbocycles. The van der Waals surface area contributed by atoms with Gasteiger partial charge in [-0.25, -0.2) is 4.98 Å². The van der Waals surface area contributed by atoms with Crippen LogP contribution in [0.3, 0.4) is 0 Å². The Morgan fingerprint density at radius 3 is 2.37 bits per heavy atom. The third-order valence-corrected chi connectivity index (χ3v) is 6.16. The van der Waals surface area contributed by atoms with Crippen LogP contribution in [-0.4, -0.2) is 59.0 Å². The van der Waals surface area contributed by atoms with Crippen LogP contribution in [0.25, 0.3) is 0 Å². The van der Waals surface area contributed by atoms with Gasteiger partial charge in [-0.3, -0.25) is 19.3 Å². The molecule has 3 heterocycles. The highest BCUT2D eigenvalue weighted by molar-refractivity contribution is 6.21. The number of ether oxygens (including phenoxy) is 1. The molecule has 0 radical (unpaired) electrons. The first kappa shape index (κ1) is 22.5. The molecule has 0 aliphatic carbocycles. The minimum atomic E-state index is -0.518. The van der Waals surface area contributed by atoms with Gasteiger partial charge in [0.25, 0.3) is 17.7 Å². The first-order chi connectivity index (χ1) is 16.9. The number of pyridine rings is 1. The number of carbonyl (C=O) groups is 3. The van der Waals surface area contributed by atoms with E-state index in [-0.39, 0.29) is 29.7 Å². The van der Waals surface area contributed by atoms with Gasteiger partial charge in [-0.05, 0) is 48.4 Å². The third kappa shape index (κ3) is 4.33. The molecule has 178 valence electrons. The molecule has 9 heteroatoms. The number of hydrogen-bond acceptors (Lipinski definition) is 7. The summed E-state index contributed by atoms with van der Waals surface area (Å²) in [6.45, 7) is 4.46. The van der Waals surface area contributed by atoms with Crippen molar-refractivity contribution in [3.05, 3.63) is 82.5 Å². The number of hydrogen-bond donors (Lipinski definition) is 2. The first-order valence-corrected chi connectivity index (χ1v) is 11.3. The molecule has 2 N–H and O–H groups in total. The number of phenols is 1. The van der Waals surface area contributed by atoms with Crippen molar-refractivity contribution in [1.29, 1.82) is 0 Å². The maximum absolute atomic E-state index is 13.0. The number of morpholine rings is 1. The molecule has 2 aromatic carbocycles. The Kier molecular flexibility index (Phi) is 5.92. The smallest absolute Gasteiger partial charge is 0.261 e. The molecule has 5 rings (SSSR count). The fourth-order valence-electron chi connectivity index (χ4n) is 4.32. The zero-order valence-electron chi connectivity index (χ0n) is 19.2. The van der Waals surface area contributed by atoms with Crippen molar-refractivity contribution < 1.29 is 24.2 Å². The lowest BCUT2D eigenvalue weighted by atomic mass is 10.0. The van der Waals surface area contributed by atoms with E-state index in [1.54, 1.807) is 49.5 Å². The molecular weight excluding hydrogens is 448 g/mol. The minimum Gasteiger partial charge on any atom is -0.507 e. The maximum Gasteiger partial charge on any atom is 0.261 e. The highest BCUT2D eigenvalue weighted by Gasteiger charge is 2.35. The van der Waals surface area contributed by atoms with Gasteiger partial charge in [0.2, 0.25) is 0 Å². The average Bonchev–Trinajstić information content (AvgIpc) is 3.12. The van der Waals surface area contributed by atoms with Gasteiger partial charge < -0.3 is 20.1 Å². The fourth-order valence-corrected chi connectivity index (χ4v) is 4.32. The summed E-state index contributed by atoms with van der Waals surface area (Å²) < 4.78 is 5.36. The number of aryl methyl sites for hydroxylation is 1. The van der Waals surface area contributed by atoms with Crippen LogP contribution in [0.2, 0.25) is 0 Å². The van der Waals surface area contributed by atoms with Crippen molar-refractivity contribution in [2.24, 2.45) is 0 Å². The average molecular weight is 473 g/mol. The SMILES string of the molecule is Cc1cc(CN2C(=O)c3ccccc3C2=O)cc(C(=O)Nc2ccc(N3CCOCC3)nc2)c1O. The molecule has 9 nitrogen and oxygen atoms in total. The monoisotopic (exact) mass is 472 g/mol. The van der Waals surface area contributed by atoms with E-state index >= 15 is 0 Å². The van der Waals surface area contributed by atoms with Crippen LogP contribution in [0.1, 0.15) is 42.2 Å². The van der Waals surface area contributed by atoms with E-state index in [0.29, 0.717) is 41.2 Å². The molecule has 0 bridgehead atoms. The van der Waals surface area contributed by atoms with E-state index in [2.05, 4.69) is 15.2 Å². The summed E-state index contributed by atoms with van der Waals surface area (Å²) in [5.74, 6) is -0.641. The number of rotatable bonds is 5. The van der Waals surface area contributed by atoms with Crippen LogP contribution in [0.4, 0.5) is 11.5 Å². The summed E-state index contributed by atoms with van der Waals surface area (Å²) in [5.41, 5.74) is 2.27. The van der Waals surface area contributed by atoms with E-state index in [9.17, 15) is 19.5 Å². The number of imide groups is 1. The molecule has 0 atom stereocenters. The number of phenolic OH excluding ortho intramolecular Hbond substituents is 1. The van der Waals surface area contributed by atoms with Crippen LogP contribution in [-0.2, 0) is 11.3 Å². The summed E-state index contributed by atoms with van der Waals surface area (Å²) in [5, 5.41) is 13.3. The number of amides is 3. The summed E-state index contributed by atoms with van der Waals surface area (Å²) >= 11 is 0. The first-order valence-electron chi connectivity index (χ1n) is 11.3. The van der Waals surface area contributed by atoms with Crippen molar-refractivity contribution >= 4 is 29.2 Å². The van der Waals surface area contributed by atoms with Crippen LogP contribution in [0.5, 0.6) is 5.75 Å². The lowest BCUT2D eigenvalue weighted by Gasteiger charge is -2.27. The molecule has 1 saturated heterocycles. The second-order valence-electron chi connectivity index (χ2n) is 8.51. The minimum absolute atomic E-state index is 0.0104. The summed E-state index contributed by atoms with van der Waals surface area (Å²) in [6, 6.07) is 13.4. The maximum atomic E-state index is 13.0. The highest BCUT2D eigenvalue weighted by Crippen LogP contribution is 2.29. The Morgan fingerprint density at radius 1 is 1.06 bits per heavy atom. The molecular formula is C26H24N4O5. The Morgan fingerprint density at radius 2 is 1.74 bits per heavy atom. The summed E-state index contributed by atoms with van der Waals surface area (Å²) in [4.78, 5) is 46.1. The molecule has 3 aromatic rings. The van der Waals surface area contributed by atoms with Crippen molar-refractivity contribution in [2.75, 3.05) is 36.5 Å². The van der Waals surface area contributed by atoms with E-state index in [1.165, 1.54) is 6.07 Å². The number of benzene rings is 2. The van der Waals surface area contributed by atoms with Gasteiger partial charge in [0, 0.05) is 13.1 Å². The lowest BCUT2D eigenvalue weighted by molar-refractivity contribution is 0.0642. The van der Waals surface area contributed by atoms with E-state index in [1.807, 2.05) is 6.07 Å². The van der Waals surface area contributed by atoms with Crippen LogP contribution < -0.4 is 10.2 Å². The predicted molar refractivity (Wildman–Crippen MR) is 129 cm³/mol. The Labute approximate surface area is 201 Å². The molecule has 35 heavy (non-hydrogen) atoms. The lowest BCUT2D eigenvalue weighted by Crippen LogP contribution is -2.36. The van der Waals surface area contributed by atoms with Gasteiger partial charge in [-0.2, -0.15) is 0 Å². The Bertz CT molecular complexity index is 1280. The van der Waals surface area contributed by atoms with Crippen LogP contribution in [0, 0.1) is 6.92 Å². The van der Waals surface area contributed by atoms with Crippen LogP contribution in [0.15, 0.2) is 54.7 Å². The molecule has 2 aliphatic heterocycles. The fraction of sp³-hybridized carbons (Fsp3) is 0.231. The van der Waals surface area contributed by atoms with Gasteiger partial charge in [0.1, 0.15) is 11.6 Å². The van der Waals surface area contributed by atoms with E-state index < -0.39 is 5.91 Å². The number of anilines is 2. The third-order valence-electron chi connectivity index (χ3n) is 6.16. The zero-order chi connectivity index (χ0) is 24.5. The zero-order valence-corrected chi connectivity index (χ0v) is 19.2. The van der Waals surface area contributed by atoms with Crippen molar-refractivity contribution in [1.82, 2.24) is 9.88 Å². The number of aromatic hydroxyl groups is 1. The Hall–Kier alpha value is -4.24. The largest absolute Gasteiger partial charge is 0.507 e. The van der Waals surface area contributed by atoms with Gasteiger partial charge >= 0.3 is 0 Å². The molecule has 2 aliphatic rings. The number of nitrogens with one attached hydrogen (secondary N) is 1. The number of nitrogens with zero attached hydrogens (tertiary/aromatic N) is 3. The summed E-state index contributed by atoms with van der Waals surface area (Å²) in [6.07, 6.45) is 1.56. The molecule has 0 spiro atoms. The van der Waals surface area contributed by atoms with Crippen molar-refractivity contribution in [3.63, 3.8) is 0 Å². The Balaban J connectivity index is 1.33.